The van der Waals surface area contributed by atoms with Crippen LogP contribution in [0, 0.1) is 0 Å². The van der Waals surface area contributed by atoms with E-state index in [9.17, 15) is 4.79 Å². The molecule has 4 nitrogen and oxygen atoms in total. The maximum absolute atomic E-state index is 10.5. The summed E-state index contributed by atoms with van der Waals surface area (Å²) in [5.41, 5.74) is 1.69. The number of ether oxygens (including phenoxy) is 1. The summed E-state index contributed by atoms with van der Waals surface area (Å²) in [6, 6.07) is 0. The molecule has 0 fully saturated rings. The second-order valence-electron chi connectivity index (χ2n) is 2.97. The molecule has 0 rings (SSSR count). The highest BCUT2D eigenvalue weighted by Gasteiger charge is 2.11. The highest BCUT2D eigenvalue weighted by atomic mass is 16.5. The molecule has 0 aliphatic carbocycles. The van der Waals surface area contributed by atoms with Gasteiger partial charge in [-0.05, 0) is 20.8 Å². The van der Waals surface area contributed by atoms with Crippen LogP contribution in [0.25, 0.3) is 0 Å². The fourth-order valence-electron chi connectivity index (χ4n) is 0.324. The Balaban J connectivity index is 3.46. The zero-order valence-corrected chi connectivity index (χ0v) is 6.60. The SMILES string of the molecule is CC(C)(C)OCC(=O)NN. The highest BCUT2D eigenvalue weighted by molar-refractivity contribution is 5.76. The third-order valence-corrected chi connectivity index (χ3v) is 0.797. The molecule has 0 bridgehead atoms. The Morgan fingerprint density at radius 2 is 2.10 bits per heavy atom. The molecule has 0 aliphatic rings. The van der Waals surface area contributed by atoms with Gasteiger partial charge in [0.25, 0.3) is 5.91 Å². The summed E-state index contributed by atoms with van der Waals surface area (Å²) in [6.45, 7) is 5.63. The standard InChI is InChI=1S/C6H14N2O2/c1-6(2,3)10-4-5(9)8-7/h4,7H2,1-3H3,(H,8,9). The zero-order valence-electron chi connectivity index (χ0n) is 6.60. The fourth-order valence-corrected chi connectivity index (χ4v) is 0.324. The molecule has 0 aromatic rings. The molecular weight excluding hydrogens is 132 g/mol. The quantitative estimate of drug-likeness (QED) is 0.322. The molecule has 0 saturated heterocycles. The van der Waals surface area contributed by atoms with Gasteiger partial charge in [0.2, 0.25) is 0 Å². The lowest BCUT2D eigenvalue weighted by Crippen LogP contribution is -2.36. The van der Waals surface area contributed by atoms with Gasteiger partial charge in [0, 0.05) is 0 Å². The van der Waals surface area contributed by atoms with Crippen LogP contribution in [-0.2, 0) is 9.53 Å². The van der Waals surface area contributed by atoms with E-state index in [1.165, 1.54) is 0 Å². The summed E-state index contributed by atoms with van der Waals surface area (Å²) in [4.78, 5) is 10.5. The van der Waals surface area contributed by atoms with Gasteiger partial charge in [-0.25, -0.2) is 5.84 Å². The number of nitrogens with two attached hydrogens (primary N) is 1. The number of hydrazine groups is 1. The summed E-state index contributed by atoms with van der Waals surface area (Å²) >= 11 is 0. The zero-order chi connectivity index (χ0) is 8.20. The third kappa shape index (κ3) is 5.53. The Morgan fingerprint density at radius 3 is 2.40 bits per heavy atom. The first-order valence-corrected chi connectivity index (χ1v) is 3.09. The van der Waals surface area contributed by atoms with Gasteiger partial charge >= 0.3 is 0 Å². The van der Waals surface area contributed by atoms with Crippen LogP contribution in [0.5, 0.6) is 0 Å². The van der Waals surface area contributed by atoms with Crippen LogP contribution >= 0.6 is 0 Å². The molecule has 0 heterocycles. The number of hydrogen-bond donors (Lipinski definition) is 2. The van der Waals surface area contributed by atoms with Gasteiger partial charge in [-0.2, -0.15) is 0 Å². The van der Waals surface area contributed by atoms with Gasteiger partial charge in [0.15, 0.2) is 0 Å². The van der Waals surface area contributed by atoms with Crippen LogP contribution in [0.1, 0.15) is 20.8 Å². The number of hydrogen-bond acceptors (Lipinski definition) is 3. The largest absolute Gasteiger partial charge is 0.366 e. The van der Waals surface area contributed by atoms with Gasteiger partial charge in [-0.15, -0.1) is 0 Å². The second kappa shape index (κ2) is 3.53. The van der Waals surface area contributed by atoms with Gasteiger partial charge in [0.05, 0.1) is 5.60 Å². The fraction of sp³-hybridized carbons (Fsp3) is 0.833. The van der Waals surface area contributed by atoms with Crippen LogP contribution < -0.4 is 11.3 Å². The predicted molar refractivity (Wildman–Crippen MR) is 38.0 cm³/mol. The molecule has 3 N–H and O–H groups in total. The van der Waals surface area contributed by atoms with E-state index in [0.29, 0.717) is 0 Å². The number of carbonyl (C=O) groups excluding carboxylic acids is 1. The van der Waals surface area contributed by atoms with Crippen LogP contribution in [-0.4, -0.2) is 18.1 Å². The molecule has 60 valence electrons. The third-order valence-electron chi connectivity index (χ3n) is 0.797. The first-order valence-electron chi connectivity index (χ1n) is 3.09. The Labute approximate surface area is 60.7 Å². The minimum Gasteiger partial charge on any atom is -0.366 e. The van der Waals surface area contributed by atoms with Gasteiger partial charge in [-0.3, -0.25) is 10.2 Å². The van der Waals surface area contributed by atoms with Crippen LogP contribution in [0.3, 0.4) is 0 Å². The molecule has 0 unspecified atom stereocenters. The average Bonchev–Trinajstić information content (AvgIpc) is 1.81. The Hall–Kier alpha value is -0.610. The summed E-state index contributed by atoms with van der Waals surface area (Å²) in [5, 5.41) is 0. The van der Waals surface area contributed by atoms with E-state index in [2.05, 4.69) is 0 Å². The van der Waals surface area contributed by atoms with Crippen molar-refractivity contribution < 1.29 is 9.53 Å². The van der Waals surface area contributed by atoms with Crippen molar-refractivity contribution in [2.24, 2.45) is 5.84 Å². The van der Waals surface area contributed by atoms with Crippen LogP contribution in [0.4, 0.5) is 0 Å². The van der Waals surface area contributed by atoms with Gasteiger partial charge < -0.3 is 4.74 Å². The van der Waals surface area contributed by atoms with Crippen molar-refractivity contribution >= 4 is 5.91 Å². The van der Waals surface area contributed by atoms with Crippen molar-refractivity contribution in [2.45, 2.75) is 26.4 Å². The number of nitrogens with one attached hydrogen (secondary N) is 1. The van der Waals surface area contributed by atoms with Crippen molar-refractivity contribution in [2.75, 3.05) is 6.61 Å². The molecule has 0 atom stereocenters. The molecule has 0 aliphatic heterocycles. The van der Waals surface area contributed by atoms with E-state index >= 15 is 0 Å². The predicted octanol–water partition coefficient (Wildman–Crippen LogP) is -0.209. The normalized spacial score (nSPS) is 11.2. The molecule has 10 heavy (non-hydrogen) atoms. The van der Waals surface area contributed by atoms with Gasteiger partial charge in [-0.1, -0.05) is 0 Å². The minimum atomic E-state index is -0.310. The first-order chi connectivity index (χ1) is 4.45. The summed E-state index contributed by atoms with van der Waals surface area (Å²) in [6.07, 6.45) is 0. The topological polar surface area (TPSA) is 64.3 Å². The number of rotatable bonds is 2. The van der Waals surface area contributed by atoms with Gasteiger partial charge in [0.1, 0.15) is 6.61 Å². The van der Waals surface area contributed by atoms with E-state index < -0.39 is 0 Å². The van der Waals surface area contributed by atoms with Crippen molar-refractivity contribution in [1.29, 1.82) is 0 Å². The maximum atomic E-state index is 10.5. The lowest BCUT2D eigenvalue weighted by molar-refractivity contribution is -0.130. The Bertz CT molecular complexity index is 117. The highest BCUT2D eigenvalue weighted by Crippen LogP contribution is 2.04. The van der Waals surface area contributed by atoms with E-state index in [1.807, 2.05) is 26.2 Å². The molecule has 1 amide bonds. The van der Waals surface area contributed by atoms with E-state index in [-0.39, 0.29) is 18.1 Å². The first kappa shape index (κ1) is 9.39. The van der Waals surface area contributed by atoms with E-state index in [4.69, 9.17) is 10.6 Å². The van der Waals surface area contributed by atoms with Crippen molar-refractivity contribution in [3.63, 3.8) is 0 Å². The summed E-state index contributed by atoms with van der Waals surface area (Å²) in [5.74, 6) is 4.51. The summed E-state index contributed by atoms with van der Waals surface area (Å²) < 4.78 is 5.09. The molecule has 0 spiro atoms. The van der Waals surface area contributed by atoms with E-state index in [0.717, 1.165) is 0 Å². The van der Waals surface area contributed by atoms with Crippen molar-refractivity contribution in [3.05, 3.63) is 0 Å². The number of amides is 1. The number of carbonyl (C=O) groups is 1. The summed E-state index contributed by atoms with van der Waals surface area (Å²) in [7, 11) is 0. The van der Waals surface area contributed by atoms with E-state index in [1.54, 1.807) is 0 Å². The molecule has 0 aromatic heterocycles. The molecule has 0 saturated carbocycles. The molecule has 0 radical (unpaired) electrons. The van der Waals surface area contributed by atoms with Crippen molar-refractivity contribution in [3.8, 4) is 0 Å². The molecular formula is C6H14N2O2. The lowest BCUT2D eigenvalue weighted by Gasteiger charge is -2.18. The second-order valence-corrected chi connectivity index (χ2v) is 2.97. The molecule has 4 heteroatoms. The lowest BCUT2D eigenvalue weighted by atomic mass is 10.2. The minimum absolute atomic E-state index is 0.0139. The maximum Gasteiger partial charge on any atom is 0.259 e. The smallest absolute Gasteiger partial charge is 0.259 e. The van der Waals surface area contributed by atoms with Crippen LogP contribution in [0.15, 0.2) is 0 Å². The Morgan fingerprint density at radius 1 is 1.60 bits per heavy atom. The van der Waals surface area contributed by atoms with Crippen molar-refractivity contribution in [1.82, 2.24) is 5.43 Å². The average molecular weight is 146 g/mol. The Kier molecular flexibility index (Phi) is 3.32. The monoisotopic (exact) mass is 146 g/mol. The molecule has 0 aromatic carbocycles. The van der Waals surface area contributed by atoms with Crippen LogP contribution in [0.2, 0.25) is 0 Å².